The number of nitrogens with one attached hydrogen (secondary N) is 1. The molecule has 4 heterocycles. The number of amides is 1. The number of fused-ring (bicyclic) bond motifs is 1. The van der Waals surface area contributed by atoms with Crippen LogP contribution in [0.2, 0.25) is 0 Å². The summed E-state index contributed by atoms with van der Waals surface area (Å²) in [5.74, 6) is -0.219. The third-order valence-corrected chi connectivity index (χ3v) is 4.86. The van der Waals surface area contributed by atoms with Crippen LogP contribution in [-0.2, 0) is 13.6 Å². The fourth-order valence-corrected chi connectivity index (χ4v) is 3.52. The van der Waals surface area contributed by atoms with E-state index in [2.05, 4.69) is 15.2 Å². The van der Waals surface area contributed by atoms with E-state index in [4.69, 9.17) is 0 Å². The van der Waals surface area contributed by atoms with Crippen LogP contribution in [0.15, 0.2) is 35.6 Å². The van der Waals surface area contributed by atoms with Crippen molar-refractivity contribution in [2.24, 2.45) is 7.05 Å². The van der Waals surface area contributed by atoms with Gasteiger partial charge in [-0.05, 0) is 25.3 Å². The Hall–Kier alpha value is -2.90. The van der Waals surface area contributed by atoms with Gasteiger partial charge >= 0.3 is 0 Å². The highest BCUT2D eigenvalue weighted by Crippen LogP contribution is 2.20. The van der Waals surface area contributed by atoms with E-state index in [-0.39, 0.29) is 22.9 Å². The largest absolute Gasteiger partial charge is 0.345 e. The van der Waals surface area contributed by atoms with Crippen LogP contribution < -0.4 is 5.43 Å². The summed E-state index contributed by atoms with van der Waals surface area (Å²) in [7, 11) is 1.75. The van der Waals surface area contributed by atoms with Crippen molar-refractivity contribution in [3.05, 3.63) is 46.6 Å². The molecule has 0 saturated carbocycles. The number of carbonyl (C=O) groups is 1. The van der Waals surface area contributed by atoms with Gasteiger partial charge in [-0.25, -0.2) is 0 Å². The van der Waals surface area contributed by atoms with E-state index in [0.29, 0.717) is 24.1 Å². The molecule has 0 spiro atoms. The van der Waals surface area contributed by atoms with Crippen molar-refractivity contribution in [1.82, 2.24) is 29.4 Å². The highest BCUT2D eigenvalue weighted by Gasteiger charge is 2.29. The average Bonchev–Trinajstić information content (AvgIpc) is 3.26. The number of aromatic amines is 1. The topological polar surface area (TPSA) is 88.8 Å². The molecule has 130 valence electrons. The van der Waals surface area contributed by atoms with Crippen molar-refractivity contribution < 1.29 is 4.79 Å². The van der Waals surface area contributed by atoms with E-state index >= 15 is 0 Å². The first-order chi connectivity index (χ1) is 12.1. The Balaban J connectivity index is 1.66. The summed E-state index contributed by atoms with van der Waals surface area (Å²) in [6.07, 6.45) is 9.58. The van der Waals surface area contributed by atoms with Crippen molar-refractivity contribution in [3.8, 4) is 0 Å². The minimum absolute atomic E-state index is 0.0464. The molecular weight excluding hydrogens is 320 g/mol. The van der Waals surface area contributed by atoms with Crippen LogP contribution in [-0.4, -0.2) is 47.9 Å². The molecule has 0 bridgehead atoms. The molecule has 1 aliphatic rings. The Bertz CT molecular complexity index is 955. The van der Waals surface area contributed by atoms with Gasteiger partial charge in [0.1, 0.15) is 11.2 Å². The molecule has 1 atom stereocenters. The van der Waals surface area contributed by atoms with Crippen molar-refractivity contribution in [3.63, 3.8) is 0 Å². The van der Waals surface area contributed by atoms with Gasteiger partial charge in [0.05, 0.1) is 24.2 Å². The van der Waals surface area contributed by atoms with E-state index in [0.717, 1.165) is 19.3 Å². The maximum Gasteiger partial charge on any atom is 0.259 e. The summed E-state index contributed by atoms with van der Waals surface area (Å²) in [6.45, 7) is 1.31. The Morgan fingerprint density at radius 1 is 1.36 bits per heavy atom. The standard InChI is InChI=1S/C17H20N6O2/c1-21-16-13(10-20-21)15(24)14(9-18-16)17(25)23-8-3-2-5-12(23)11-22-7-4-6-19-22/h4,6-7,9-10,12H,2-3,5,8,11H2,1H3,(H,18,24). The summed E-state index contributed by atoms with van der Waals surface area (Å²) in [4.78, 5) is 30.6. The van der Waals surface area contributed by atoms with E-state index < -0.39 is 0 Å². The molecule has 1 N–H and O–H groups in total. The van der Waals surface area contributed by atoms with Crippen LogP contribution in [0.4, 0.5) is 0 Å². The normalized spacial score (nSPS) is 18.0. The maximum absolute atomic E-state index is 13.1. The number of pyridine rings is 1. The molecule has 3 aromatic heterocycles. The Morgan fingerprint density at radius 3 is 3.04 bits per heavy atom. The smallest absolute Gasteiger partial charge is 0.259 e. The number of carbonyl (C=O) groups excluding carboxylic acids is 1. The zero-order valence-electron chi connectivity index (χ0n) is 14.1. The van der Waals surface area contributed by atoms with Gasteiger partial charge in [-0.3, -0.25) is 19.0 Å². The zero-order valence-corrected chi connectivity index (χ0v) is 14.1. The number of piperidine rings is 1. The van der Waals surface area contributed by atoms with Gasteiger partial charge < -0.3 is 9.88 Å². The van der Waals surface area contributed by atoms with E-state index in [1.807, 2.05) is 21.8 Å². The first-order valence-electron chi connectivity index (χ1n) is 8.47. The molecular formula is C17H20N6O2. The van der Waals surface area contributed by atoms with E-state index in [1.54, 1.807) is 17.9 Å². The molecule has 0 aliphatic carbocycles. The van der Waals surface area contributed by atoms with Gasteiger partial charge in [0.25, 0.3) is 5.91 Å². The fraction of sp³-hybridized carbons (Fsp3) is 0.412. The Labute approximate surface area is 144 Å². The van der Waals surface area contributed by atoms with Gasteiger partial charge in [0, 0.05) is 32.2 Å². The SMILES string of the molecule is Cn1ncc2c(=O)c(C(=O)N3CCCCC3Cn3cccn3)c[nH]c21. The van der Waals surface area contributed by atoms with Gasteiger partial charge in [0.15, 0.2) is 0 Å². The van der Waals surface area contributed by atoms with Crippen molar-refractivity contribution >= 4 is 16.9 Å². The van der Waals surface area contributed by atoms with Crippen LogP contribution in [0, 0.1) is 0 Å². The number of likely N-dealkylation sites (tertiary alicyclic amines) is 1. The lowest BCUT2D eigenvalue weighted by molar-refractivity contribution is 0.0582. The molecule has 8 nitrogen and oxygen atoms in total. The lowest BCUT2D eigenvalue weighted by Gasteiger charge is -2.35. The summed E-state index contributed by atoms with van der Waals surface area (Å²) in [5.41, 5.74) is 0.524. The monoisotopic (exact) mass is 340 g/mol. The van der Waals surface area contributed by atoms with Crippen molar-refractivity contribution in [2.45, 2.75) is 31.8 Å². The number of hydrogen-bond acceptors (Lipinski definition) is 4. The zero-order chi connectivity index (χ0) is 17.4. The lowest BCUT2D eigenvalue weighted by Crippen LogP contribution is -2.47. The van der Waals surface area contributed by atoms with Crippen LogP contribution in [0.25, 0.3) is 11.0 Å². The second kappa shape index (κ2) is 6.19. The molecule has 0 aromatic carbocycles. The molecule has 1 unspecified atom stereocenters. The van der Waals surface area contributed by atoms with Crippen LogP contribution in [0.1, 0.15) is 29.6 Å². The quantitative estimate of drug-likeness (QED) is 0.775. The fourth-order valence-electron chi connectivity index (χ4n) is 3.52. The second-order valence-electron chi connectivity index (χ2n) is 6.44. The highest BCUT2D eigenvalue weighted by atomic mass is 16.2. The molecule has 1 fully saturated rings. The number of aryl methyl sites for hydroxylation is 1. The van der Waals surface area contributed by atoms with E-state index in [1.165, 1.54) is 12.4 Å². The van der Waals surface area contributed by atoms with Gasteiger partial charge in [0.2, 0.25) is 5.43 Å². The summed E-state index contributed by atoms with van der Waals surface area (Å²) in [5, 5.41) is 8.76. The summed E-state index contributed by atoms with van der Waals surface area (Å²) in [6, 6.07) is 1.92. The van der Waals surface area contributed by atoms with Crippen LogP contribution in [0.3, 0.4) is 0 Å². The first kappa shape index (κ1) is 15.6. The van der Waals surface area contributed by atoms with Gasteiger partial charge in [-0.2, -0.15) is 10.2 Å². The van der Waals surface area contributed by atoms with Crippen molar-refractivity contribution in [1.29, 1.82) is 0 Å². The molecule has 4 rings (SSSR count). The summed E-state index contributed by atoms with van der Waals surface area (Å²) < 4.78 is 3.43. The minimum Gasteiger partial charge on any atom is -0.345 e. The number of rotatable bonds is 3. The van der Waals surface area contributed by atoms with E-state index in [9.17, 15) is 9.59 Å². The number of hydrogen-bond donors (Lipinski definition) is 1. The third kappa shape index (κ3) is 2.73. The lowest BCUT2D eigenvalue weighted by atomic mass is 10.0. The van der Waals surface area contributed by atoms with Crippen LogP contribution in [0.5, 0.6) is 0 Å². The van der Waals surface area contributed by atoms with Gasteiger partial charge in [-0.15, -0.1) is 0 Å². The molecule has 25 heavy (non-hydrogen) atoms. The first-order valence-corrected chi connectivity index (χ1v) is 8.47. The van der Waals surface area contributed by atoms with Gasteiger partial charge in [-0.1, -0.05) is 0 Å². The Kier molecular flexibility index (Phi) is 3.87. The highest BCUT2D eigenvalue weighted by molar-refractivity contribution is 5.96. The second-order valence-corrected chi connectivity index (χ2v) is 6.44. The Morgan fingerprint density at radius 2 is 2.24 bits per heavy atom. The molecule has 0 radical (unpaired) electrons. The number of aromatic nitrogens is 5. The summed E-state index contributed by atoms with van der Waals surface area (Å²) >= 11 is 0. The number of nitrogens with zero attached hydrogens (tertiary/aromatic N) is 5. The number of H-pyrrole nitrogens is 1. The molecule has 1 aliphatic heterocycles. The molecule has 3 aromatic rings. The molecule has 8 heteroatoms. The maximum atomic E-state index is 13.1. The molecule has 1 amide bonds. The van der Waals surface area contributed by atoms with Crippen molar-refractivity contribution in [2.75, 3.05) is 6.54 Å². The molecule has 1 saturated heterocycles. The predicted molar refractivity (Wildman–Crippen MR) is 92.2 cm³/mol. The predicted octanol–water partition coefficient (Wildman–Crippen LogP) is 1.15. The minimum atomic E-state index is -0.268. The average molecular weight is 340 g/mol. The third-order valence-electron chi connectivity index (χ3n) is 4.86. The van der Waals surface area contributed by atoms with Crippen LogP contribution >= 0.6 is 0 Å².